The van der Waals surface area contributed by atoms with Crippen molar-refractivity contribution in [1.29, 1.82) is 0 Å². The van der Waals surface area contributed by atoms with Crippen LogP contribution in [0.4, 0.5) is 14.5 Å². The number of imidazole rings is 1. The largest absolute Gasteiger partial charge is 0.390 e. The first kappa shape index (κ1) is 25.7. The number of piperidine rings is 1. The van der Waals surface area contributed by atoms with Gasteiger partial charge in [-0.2, -0.15) is 5.10 Å². The van der Waals surface area contributed by atoms with Crippen LogP contribution in [0.15, 0.2) is 42.6 Å². The lowest BCUT2D eigenvalue weighted by Gasteiger charge is -2.38. The number of carbonyl (C=O) groups excluding carboxylic acids is 1. The lowest BCUT2D eigenvalue weighted by atomic mass is 9.83. The number of hydrogen-bond donors (Lipinski definition) is 1. The number of amides is 1. The first-order valence-electron chi connectivity index (χ1n) is 13.6. The summed E-state index contributed by atoms with van der Waals surface area (Å²) in [7, 11) is 1.91. The third-order valence-electron chi connectivity index (χ3n) is 8.44. The summed E-state index contributed by atoms with van der Waals surface area (Å²) in [6.07, 6.45) is 6.41. The average molecular weight is 534 g/mol. The Morgan fingerprint density at radius 2 is 1.82 bits per heavy atom. The number of rotatable bonds is 4. The van der Waals surface area contributed by atoms with Crippen molar-refractivity contribution in [2.45, 2.75) is 76.5 Å². The van der Waals surface area contributed by atoms with Crippen LogP contribution in [0.25, 0.3) is 22.3 Å². The zero-order valence-electron chi connectivity index (χ0n) is 22.5. The van der Waals surface area contributed by atoms with Crippen LogP contribution in [0.1, 0.15) is 75.3 Å². The minimum atomic E-state index is -0.983. The third kappa shape index (κ3) is 4.52. The lowest BCUT2D eigenvalue weighted by Crippen LogP contribution is -2.40. The van der Waals surface area contributed by atoms with E-state index in [1.165, 1.54) is 6.07 Å². The van der Waals surface area contributed by atoms with Gasteiger partial charge in [0.2, 0.25) is 5.91 Å². The van der Waals surface area contributed by atoms with Gasteiger partial charge in [-0.25, -0.2) is 13.8 Å². The molecule has 2 aromatic carbocycles. The summed E-state index contributed by atoms with van der Waals surface area (Å²) in [5.41, 5.74) is 4.48. The van der Waals surface area contributed by atoms with Gasteiger partial charge in [0.25, 0.3) is 0 Å². The number of carbonyl (C=O) groups is 1. The van der Waals surface area contributed by atoms with E-state index in [-0.39, 0.29) is 11.9 Å². The number of nitrogens with zero attached hydrogens (tertiary/aromatic N) is 5. The zero-order chi connectivity index (χ0) is 27.5. The van der Waals surface area contributed by atoms with E-state index in [0.29, 0.717) is 37.8 Å². The van der Waals surface area contributed by atoms with E-state index in [1.807, 2.05) is 31.8 Å². The Morgan fingerprint density at radius 3 is 2.51 bits per heavy atom. The van der Waals surface area contributed by atoms with Gasteiger partial charge in [0, 0.05) is 36.8 Å². The van der Waals surface area contributed by atoms with Crippen molar-refractivity contribution in [2.75, 3.05) is 4.90 Å². The number of benzene rings is 2. The van der Waals surface area contributed by atoms with Crippen molar-refractivity contribution in [1.82, 2.24) is 19.3 Å². The minimum absolute atomic E-state index is 0.0957. The number of anilines is 1. The van der Waals surface area contributed by atoms with Crippen LogP contribution in [0, 0.1) is 18.6 Å². The Balaban J connectivity index is 1.51. The molecule has 0 radical (unpaired) electrons. The SMILES string of the molecule is Cc1cnn(C)c1-c1ccc2c(c1)nc([C@@H]1CCCC(=O)N1c1ccc(F)c(F)c1)n2C1CCC(C)(O)CC1. The summed E-state index contributed by atoms with van der Waals surface area (Å²) >= 11 is 0. The van der Waals surface area contributed by atoms with Crippen LogP contribution in [0.3, 0.4) is 0 Å². The summed E-state index contributed by atoms with van der Waals surface area (Å²) < 4.78 is 32.1. The van der Waals surface area contributed by atoms with E-state index in [4.69, 9.17) is 4.98 Å². The predicted octanol–water partition coefficient (Wildman–Crippen LogP) is 6.15. The maximum absolute atomic E-state index is 14.3. The van der Waals surface area contributed by atoms with Gasteiger partial charge in [-0.15, -0.1) is 0 Å². The van der Waals surface area contributed by atoms with E-state index >= 15 is 0 Å². The van der Waals surface area contributed by atoms with Crippen molar-refractivity contribution in [2.24, 2.45) is 7.05 Å². The molecule has 1 aliphatic carbocycles. The standard InChI is InChI=1S/C30H33F2N5O2/c1-18-17-33-35(3)28(18)19-7-10-25-24(15-19)34-29(37(25)20-11-13-30(2,39)14-12-20)26-5-4-6-27(38)36(26)21-8-9-22(31)23(32)16-21/h7-10,15-17,20,26,39H,4-6,11-14H2,1-3H3/t20?,26-,30?/m0/s1. The number of fused-ring (bicyclic) bond motifs is 1. The van der Waals surface area contributed by atoms with Gasteiger partial charge in [-0.05, 0) is 82.2 Å². The van der Waals surface area contributed by atoms with E-state index in [0.717, 1.165) is 58.7 Å². The number of aliphatic hydroxyl groups is 1. The molecule has 1 atom stereocenters. The Hall–Kier alpha value is -3.59. The minimum Gasteiger partial charge on any atom is -0.390 e. The molecule has 4 aromatic rings. The van der Waals surface area contributed by atoms with E-state index < -0.39 is 23.3 Å². The van der Waals surface area contributed by atoms with Crippen LogP contribution in [-0.2, 0) is 11.8 Å². The van der Waals surface area contributed by atoms with Crippen molar-refractivity contribution in [3.8, 4) is 11.3 Å². The van der Waals surface area contributed by atoms with E-state index in [1.54, 1.807) is 4.90 Å². The van der Waals surface area contributed by atoms with Crippen molar-refractivity contribution in [3.63, 3.8) is 0 Å². The van der Waals surface area contributed by atoms with Crippen LogP contribution in [0.5, 0.6) is 0 Å². The highest BCUT2D eigenvalue weighted by Crippen LogP contribution is 2.43. The van der Waals surface area contributed by atoms with Crippen LogP contribution in [0.2, 0.25) is 0 Å². The molecule has 0 spiro atoms. The smallest absolute Gasteiger partial charge is 0.227 e. The highest BCUT2D eigenvalue weighted by Gasteiger charge is 2.37. The van der Waals surface area contributed by atoms with Gasteiger partial charge in [0.15, 0.2) is 11.6 Å². The molecule has 3 heterocycles. The van der Waals surface area contributed by atoms with Gasteiger partial charge in [0.05, 0.1) is 34.6 Å². The molecule has 6 rings (SSSR count). The second kappa shape index (κ2) is 9.55. The summed E-state index contributed by atoms with van der Waals surface area (Å²) in [4.78, 5) is 20.0. The Morgan fingerprint density at radius 1 is 1.05 bits per heavy atom. The van der Waals surface area contributed by atoms with E-state index in [9.17, 15) is 18.7 Å². The maximum atomic E-state index is 14.3. The molecule has 2 aliphatic rings. The van der Waals surface area contributed by atoms with Crippen molar-refractivity contribution >= 4 is 22.6 Å². The first-order chi connectivity index (χ1) is 18.6. The molecule has 1 saturated heterocycles. The second-order valence-electron chi connectivity index (χ2n) is 11.3. The summed E-state index contributed by atoms with van der Waals surface area (Å²) in [6.45, 7) is 3.90. The molecule has 39 heavy (non-hydrogen) atoms. The molecule has 9 heteroatoms. The monoisotopic (exact) mass is 533 g/mol. The molecular formula is C30H33F2N5O2. The maximum Gasteiger partial charge on any atom is 0.227 e. The molecule has 1 amide bonds. The van der Waals surface area contributed by atoms with Gasteiger partial charge >= 0.3 is 0 Å². The molecule has 2 fully saturated rings. The Kier molecular flexibility index (Phi) is 6.29. The summed E-state index contributed by atoms with van der Waals surface area (Å²) in [6, 6.07) is 9.51. The van der Waals surface area contributed by atoms with Crippen LogP contribution in [-0.4, -0.2) is 35.9 Å². The highest BCUT2D eigenvalue weighted by molar-refractivity contribution is 5.95. The predicted molar refractivity (Wildman–Crippen MR) is 145 cm³/mol. The first-order valence-corrected chi connectivity index (χ1v) is 13.6. The molecule has 0 bridgehead atoms. The quantitative estimate of drug-likeness (QED) is 0.342. The van der Waals surface area contributed by atoms with Gasteiger partial charge in [-0.3, -0.25) is 9.48 Å². The fraction of sp³-hybridized carbons (Fsp3) is 0.433. The molecule has 1 saturated carbocycles. The normalized spacial score (nSPS) is 24.1. The van der Waals surface area contributed by atoms with Crippen LogP contribution < -0.4 is 4.90 Å². The number of aromatic nitrogens is 4. The third-order valence-corrected chi connectivity index (χ3v) is 8.44. The Bertz CT molecular complexity index is 1540. The molecule has 1 aliphatic heterocycles. The summed E-state index contributed by atoms with van der Waals surface area (Å²) in [5.74, 6) is -1.31. The Labute approximate surface area is 226 Å². The molecule has 204 valence electrons. The summed E-state index contributed by atoms with van der Waals surface area (Å²) in [5, 5.41) is 15.0. The van der Waals surface area contributed by atoms with Gasteiger partial charge in [0.1, 0.15) is 5.82 Å². The fourth-order valence-corrected chi connectivity index (χ4v) is 6.40. The number of hydrogen-bond acceptors (Lipinski definition) is 4. The molecular weight excluding hydrogens is 500 g/mol. The van der Waals surface area contributed by atoms with Crippen LogP contribution >= 0.6 is 0 Å². The molecule has 2 aromatic heterocycles. The van der Waals surface area contributed by atoms with E-state index in [2.05, 4.69) is 27.9 Å². The number of halogens is 2. The lowest BCUT2D eigenvalue weighted by molar-refractivity contribution is -0.120. The second-order valence-corrected chi connectivity index (χ2v) is 11.3. The molecule has 7 nitrogen and oxygen atoms in total. The molecule has 1 N–H and O–H groups in total. The van der Waals surface area contributed by atoms with Crippen molar-refractivity contribution < 1.29 is 18.7 Å². The van der Waals surface area contributed by atoms with Gasteiger partial charge in [-0.1, -0.05) is 6.07 Å². The topological polar surface area (TPSA) is 76.2 Å². The highest BCUT2D eigenvalue weighted by atomic mass is 19.2. The zero-order valence-corrected chi connectivity index (χ0v) is 22.5. The number of aryl methyl sites for hydroxylation is 2. The average Bonchev–Trinajstić information content (AvgIpc) is 3.44. The molecule has 0 unspecified atom stereocenters. The van der Waals surface area contributed by atoms with Gasteiger partial charge < -0.3 is 14.6 Å². The van der Waals surface area contributed by atoms with Crippen molar-refractivity contribution in [3.05, 3.63) is 65.6 Å². The fourth-order valence-electron chi connectivity index (χ4n) is 6.40.